The van der Waals surface area contributed by atoms with Gasteiger partial charge >= 0.3 is 5.97 Å². The van der Waals surface area contributed by atoms with Crippen LogP contribution in [0.15, 0.2) is 48.5 Å². The first-order valence-electron chi connectivity index (χ1n) is 9.91. The third kappa shape index (κ3) is 4.14. The van der Waals surface area contributed by atoms with E-state index < -0.39 is 12.1 Å². The van der Waals surface area contributed by atoms with E-state index in [1.165, 1.54) is 0 Å². The minimum Gasteiger partial charge on any atom is -0.449 e. The summed E-state index contributed by atoms with van der Waals surface area (Å²) in [6.07, 6.45) is 1.27. The van der Waals surface area contributed by atoms with Crippen LogP contribution in [0.5, 0.6) is 0 Å². The van der Waals surface area contributed by atoms with Gasteiger partial charge in [-0.1, -0.05) is 35.9 Å². The Kier molecular flexibility index (Phi) is 5.05. The van der Waals surface area contributed by atoms with Gasteiger partial charge in [-0.05, 0) is 57.4 Å². The number of hydrogen-bond donors (Lipinski definition) is 1. The molecular weight excluding hydrogens is 364 g/mol. The Labute approximate surface area is 170 Å². The summed E-state index contributed by atoms with van der Waals surface area (Å²) in [6, 6.07) is 15.1. The molecule has 1 heterocycles. The summed E-state index contributed by atoms with van der Waals surface area (Å²) in [4.78, 5) is 30.1. The molecule has 1 saturated carbocycles. The maximum Gasteiger partial charge on any atom is 0.339 e. The Balaban J connectivity index is 1.53. The lowest BCUT2D eigenvalue weighted by Crippen LogP contribution is -2.30. The second-order valence-electron chi connectivity index (χ2n) is 7.74. The Morgan fingerprint density at radius 3 is 2.59 bits per heavy atom. The van der Waals surface area contributed by atoms with E-state index in [2.05, 4.69) is 10.3 Å². The number of anilines is 1. The van der Waals surface area contributed by atoms with Crippen molar-refractivity contribution in [1.29, 1.82) is 0 Å². The third-order valence-corrected chi connectivity index (χ3v) is 5.24. The predicted octanol–water partition coefficient (Wildman–Crippen LogP) is 4.91. The SMILES string of the molecule is Cc1ccc(NC(=O)[C@@H](C)OC(=O)c2cc(C3CC3)nc3ccccc23)c(C)c1. The molecule has 0 unspecified atom stereocenters. The Morgan fingerprint density at radius 1 is 1.10 bits per heavy atom. The zero-order valence-electron chi connectivity index (χ0n) is 16.9. The van der Waals surface area contributed by atoms with Gasteiger partial charge in [0.15, 0.2) is 6.10 Å². The number of fused-ring (bicyclic) bond motifs is 1. The van der Waals surface area contributed by atoms with Gasteiger partial charge in [-0.25, -0.2) is 4.79 Å². The summed E-state index contributed by atoms with van der Waals surface area (Å²) in [6.45, 7) is 5.52. The minimum atomic E-state index is -0.917. The molecule has 2 aromatic carbocycles. The van der Waals surface area contributed by atoms with Gasteiger partial charge in [0.2, 0.25) is 0 Å². The van der Waals surface area contributed by atoms with Crippen molar-refractivity contribution in [2.75, 3.05) is 5.32 Å². The first kappa shape index (κ1) is 19.1. The molecule has 29 heavy (non-hydrogen) atoms. The van der Waals surface area contributed by atoms with Gasteiger partial charge in [0.05, 0.1) is 11.1 Å². The highest BCUT2D eigenvalue weighted by molar-refractivity contribution is 6.05. The Bertz CT molecular complexity index is 1100. The number of carbonyl (C=O) groups excluding carboxylic acids is 2. The Morgan fingerprint density at radius 2 is 1.86 bits per heavy atom. The normalized spacial score (nSPS) is 14.4. The number of benzene rings is 2. The summed E-state index contributed by atoms with van der Waals surface area (Å²) in [5, 5.41) is 3.58. The number of carbonyl (C=O) groups is 2. The van der Waals surface area contributed by atoms with Gasteiger partial charge in [0.25, 0.3) is 5.91 Å². The smallest absolute Gasteiger partial charge is 0.339 e. The van der Waals surface area contributed by atoms with E-state index in [4.69, 9.17) is 4.74 Å². The lowest BCUT2D eigenvalue weighted by molar-refractivity contribution is -0.123. The minimum absolute atomic E-state index is 0.355. The molecule has 1 atom stereocenters. The summed E-state index contributed by atoms with van der Waals surface area (Å²) in [5.74, 6) is -0.448. The van der Waals surface area contributed by atoms with Crippen LogP contribution in [0.4, 0.5) is 5.69 Å². The van der Waals surface area contributed by atoms with E-state index in [0.29, 0.717) is 17.2 Å². The average Bonchev–Trinajstić information content (AvgIpc) is 3.54. The number of amides is 1. The van der Waals surface area contributed by atoms with E-state index in [1.807, 2.05) is 62.4 Å². The molecule has 1 aromatic heterocycles. The predicted molar refractivity (Wildman–Crippen MR) is 113 cm³/mol. The molecule has 0 saturated heterocycles. The van der Waals surface area contributed by atoms with Crippen molar-refractivity contribution in [1.82, 2.24) is 4.98 Å². The lowest BCUT2D eigenvalue weighted by atomic mass is 10.1. The van der Waals surface area contributed by atoms with Gasteiger partial charge < -0.3 is 10.1 Å². The van der Waals surface area contributed by atoms with Crippen LogP contribution in [-0.4, -0.2) is 23.0 Å². The molecule has 3 aromatic rings. The van der Waals surface area contributed by atoms with Crippen molar-refractivity contribution in [3.63, 3.8) is 0 Å². The number of hydrogen-bond acceptors (Lipinski definition) is 4. The maximum atomic E-state index is 12.9. The number of aryl methyl sites for hydroxylation is 2. The first-order valence-corrected chi connectivity index (χ1v) is 9.91. The molecule has 1 N–H and O–H groups in total. The summed E-state index contributed by atoms with van der Waals surface area (Å²) in [5.41, 5.74) is 4.96. The van der Waals surface area contributed by atoms with E-state index in [9.17, 15) is 9.59 Å². The van der Waals surface area contributed by atoms with E-state index in [-0.39, 0.29) is 5.91 Å². The Hall–Kier alpha value is -3.21. The maximum absolute atomic E-state index is 12.9. The zero-order chi connectivity index (χ0) is 20.5. The van der Waals surface area contributed by atoms with Crippen LogP contribution in [0, 0.1) is 13.8 Å². The third-order valence-electron chi connectivity index (χ3n) is 5.24. The molecule has 1 fully saturated rings. The fourth-order valence-corrected chi connectivity index (χ4v) is 3.42. The highest BCUT2D eigenvalue weighted by atomic mass is 16.5. The van der Waals surface area contributed by atoms with Crippen molar-refractivity contribution >= 4 is 28.5 Å². The number of nitrogens with zero attached hydrogens (tertiary/aromatic N) is 1. The van der Waals surface area contributed by atoms with Crippen LogP contribution in [0.3, 0.4) is 0 Å². The van der Waals surface area contributed by atoms with Crippen molar-refractivity contribution in [3.8, 4) is 0 Å². The molecule has 1 aliphatic carbocycles. The number of nitrogens with one attached hydrogen (secondary N) is 1. The summed E-state index contributed by atoms with van der Waals surface area (Å²) in [7, 11) is 0. The number of aromatic nitrogens is 1. The van der Waals surface area contributed by atoms with Crippen molar-refractivity contribution in [3.05, 3.63) is 70.9 Å². The van der Waals surface area contributed by atoms with E-state index in [0.717, 1.165) is 40.6 Å². The van der Waals surface area contributed by atoms with Crippen molar-refractivity contribution in [2.24, 2.45) is 0 Å². The molecule has 1 amide bonds. The second kappa shape index (κ2) is 7.66. The van der Waals surface area contributed by atoms with Gasteiger partial charge in [0, 0.05) is 22.7 Å². The van der Waals surface area contributed by atoms with Gasteiger partial charge in [-0.2, -0.15) is 0 Å². The number of rotatable bonds is 5. The zero-order valence-corrected chi connectivity index (χ0v) is 16.9. The van der Waals surface area contributed by atoms with Crippen LogP contribution in [0.2, 0.25) is 0 Å². The first-order chi connectivity index (χ1) is 13.9. The highest BCUT2D eigenvalue weighted by Crippen LogP contribution is 2.40. The van der Waals surface area contributed by atoms with Crippen LogP contribution in [0.1, 0.15) is 52.9 Å². The average molecular weight is 388 g/mol. The van der Waals surface area contributed by atoms with Crippen molar-refractivity contribution in [2.45, 2.75) is 45.6 Å². The highest BCUT2D eigenvalue weighted by Gasteiger charge is 2.28. The van der Waals surface area contributed by atoms with Crippen molar-refractivity contribution < 1.29 is 14.3 Å². The van der Waals surface area contributed by atoms with Crippen LogP contribution in [0.25, 0.3) is 10.9 Å². The molecule has 5 heteroatoms. The molecule has 1 aliphatic rings. The van der Waals surface area contributed by atoms with Crippen LogP contribution < -0.4 is 5.32 Å². The standard InChI is InChI=1S/C24H24N2O3/c1-14-8-11-20(15(2)12-14)26-23(27)16(3)29-24(28)19-13-22(17-9-10-17)25-21-7-5-4-6-18(19)21/h4-8,11-13,16-17H,9-10H2,1-3H3,(H,26,27)/t16-/m1/s1. The monoisotopic (exact) mass is 388 g/mol. The molecular formula is C24H24N2O3. The van der Waals surface area contributed by atoms with Gasteiger partial charge in [-0.3, -0.25) is 9.78 Å². The number of ether oxygens (including phenoxy) is 1. The number of esters is 1. The largest absolute Gasteiger partial charge is 0.449 e. The molecule has 0 spiro atoms. The quantitative estimate of drug-likeness (QED) is 0.631. The fraction of sp³-hybridized carbons (Fsp3) is 0.292. The summed E-state index contributed by atoms with van der Waals surface area (Å²) < 4.78 is 5.52. The number of pyridine rings is 1. The molecule has 5 nitrogen and oxygen atoms in total. The van der Waals surface area contributed by atoms with Crippen LogP contribution >= 0.6 is 0 Å². The topological polar surface area (TPSA) is 68.3 Å². The van der Waals surface area contributed by atoms with Gasteiger partial charge in [0.1, 0.15) is 0 Å². The molecule has 0 aliphatic heterocycles. The van der Waals surface area contributed by atoms with Crippen LogP contribution in [-0.2, 0) is 9.53 Å². The molecule has 0 radical (unpaired) electrons. The fourth-order valence-electron chi connectivity index (χ4n) is 3.42. The molecule has 4 rings (SSSR count). The second-order valence-corrected chi connectivity index (χ2v) is 7.74. The van der Waals surface area contributed by atoms with Gasteiger partial charge in [-0.15, -0.1) is 0 Å². The summed E-state index contributed by atoms with van der Waals surface area (Å²) >= 11 is 0. The lowest BCUT2D eigenvalue weighted by Gasteiger charge is -2.16. The molecule has 148 valence electrons. The van der Waals surface area contributed by atoms with E-state index >= 15 is 0 Å². The van der Waals surface area contributed by atoms with E-state index in [1.54, 1.807) is 6.92 Å². The molecule has 0 bridgehead atoms. The number of para-hydroxylation sites is 1.